The first-order valence-corrected chi connectivity index (χ1v) is 29.2. The van der Waals surface area contributed by atoms with Crippen molar-refractivity contribution < 1.29 is 87.9 Å². The van der Waals surface area contributed by atoms with Gasteiger partial charge in [-0.25, -0.2) is 0 Å². The first-order valence-electron chi connectivity index (χ1n) is 29.2. The lowest BCUT2D eigenvalue weighted by atomic mass is 9.96. The summed E-state index contributed by atoms with van der Waals surface area (Å²) < 4.78 is 0. The minimum absolute atomic E-state index is 0.0184. The van der Waals surface area contributed by atoms with Crippen LogP contribution in [0.15, 0.2) is 29.3 Å². The van der Waals surface area contributed by atoms with E-state index in [1.807, 2.05) is 0 Å². The normalized spacial score (nSPS) is 18.5. The fourth-order valence-corrected chi connectivity index (χ4v) is 8.92. The number of rotatable bonds is 37. The molecule has 0 aromatic heterocycles. The van der Waals surface area contributed by atoms with Crippen molar-refractivity contribution in [3.05, 3.63) is 29.8 Å². The van der Waals surface area contributed by atoms with E-state index in [4.69, 9.17) is 28.7 Å². The Kier molecular flexibility index (Phi) is 33.0. The zero-order chi connectivity index (χ0) is 67.2. The van der Waals surface area contributed by atoms with E-state index < -0.39 is 194 Å². The average molecular weight is 1260 g/mol. The number of guanidine groups is 1. The number of aliphatic imine (C=N–C) groups is 1. The van der Waals surface area contributed by atoms with Crippen LogP contribution in [0.2, 0.25) is 0 Å². The number of hydrogen-bond acceptors (Lipinski definition) is 19. The molecule has 89 heavy (non-hydrogen) atoms. The number of primary amides is 1. The average Bonchev–Trinajstić information content (AvgIpc) is 3.42. The van der Waals surface area contributed by atoms with Crippen LogP contribution in [0.4, 0.5) is 0 Å². The van der Waals surface area contributed by atoms with Crippen molar-refractivity contribution in [3.63, 3.8) is 0 Å². The van der Waals surface area contributed by atoms with Crippen molar-refractivity contribution in [2.45, 2.75) is 191 Å². The summed E-state index contributed by atoms with van der Waals surface area (Å²) in [5.74, 6) is -15.8. The summed E-state index contributed by atoms with van der Waals surface area (Å²) in [5.41, 5.74) is 28.4. The number of unbranched alkanes of at least 4 members (excludes halogenated alkanes) is 1. The summed E-state index contributed by atoms with van der Waals surface area (Å²) in [6, 6.07) is -11.7. The number of amides is 11. The van der Waals surface area contributed by atoms with Gasteiger partial charge in [-0.3, -0.25) is 67.3 Å². The van der Waals surface area contributed by atoms with E-state index in [2.05, 4.69) is 58.2 Å². The lowest BCUT2D eigenvalue weighted by Gasteiger charge is -2.30. The summed E-state index contributed by atoms with van der Waals surface area (Å²) in [7, 11) is 0. The molecular weight excluding hydrogens is 1170 g/mol. The van der Waals surface area contributed by atoms with Gasteiger partial charge < -0.3 is 107 Å². The summed E-state index contributed by atoms with van der Waals surface area (Å²) in [4.78, 5) is 178. The number of aliphatic hydroxyl groups excluding tert-OH is 2. The molecule has 498 valence electrons. The van der Waals surface area contributed by atoms with Gasteiger partial charge in [0.15, 0.2) is 5.96 Å². The molecule has 34 nitrogen and oxygen atoms in total. The fourth-order valence-electron chi connectivity index (χ4n) is 8.92. The van der Waals surface area contributed by atoms with Gasteiger partial charge in [-0.15, -0.1) is 0 Å². The highest BCUT2D eigenvalue weighted by Gasteiger charge is 2.38. The maximum Gasteiger partial charge on any atom is 0.305 e. The van der Waals surface area contributed by atoms with Crippen LogP contribution in [0, 0.1) is 11.8 Å². The molecule has 0 spiro atoms. The standard InChI is InChI=1S/C55H90N16O18/c1-6-27(4)43(71-52(87)41(57)28(5)73)54(89)66-35(19-20-39(75)76)47(82)68-37(24-40(77)78)50(85)69-38(25-72)51(86)67-36(23-29-15-17-30(74)18-16-29)49(84)65-34(14-10-22-61-55(59)60)46(81)63-32(11-7-8-21-56)45(80)64-33-13-9-12-31(44(58)79)62-53(88)42(26(2)3)70-48(33)83/h15-18,26-28,31-38,41-43,72-74H,6-14,19-25,56-57H2,1-5H3,(H2,58,79)(H,62,88)(H,63,81)(H,64,80)(H,65,84)(H,66,89)(H,67,86)(H,68,82)(H,69,85)(H,70,83)(H,71,87)(H,75,76)(H,77,78)(H4,59,60,61)/t27-,28+,31-,32-,33-,34-,35-,36-,37-,38-,41-,42-,43-/m0/s1. The molecule has 1 heterocycles. The number of carbonyl (C=O) groups is 13. The van der Waals surface area contributed by atoms with Crippen LogP contribution in [-0.2, 0) is 68.7 Å². The number of carboxylic acids is 2. The van der Waals surface area contributed by atoms with Gasteiger partial charge in [0.25, 0.3) is 0 Å². The van der Waals surface area contributed by atoms with Crippen LogP contribution in [0.25, 0.3) is 0 Å². The predicted molar refractivity (Wildman–Crippen MR) is 317 cm³/mol. The number of carboxylic acid groups (broad SMARTS) is 2. The van der Waals surface area contributed by atoms with E-state index in [1.165, 1.54) is 31.2 Å². The third kappa shape index (κ3) is 27.0. The van der Waals surface area contributed by atoms with Gasteiger partial charge in [0.2, 0.25) is 65.0 Å². The van der Waals surface area contributed by atoms with Crippen LogP contribution in [0.1, 0.15) is 117 Å². The smallest absolute Gasteiger partial charge is 0.305 e. The molecule has 1 aromatic carbocycles. The van der Waals surface area contributed by atoms with Gasteiger partial charge in [-0.05, 0) is 101 Å². The van der Waals surface area contributed by atoms with Crippen molar-refractivity contribution in [3.8, 4) is 5.75 Å². The Hall–Kier alpha value is -8.76. The Bertz CT molecular complexity index is 2640. The maximum atomic E-state index is 14.6. The molecule has 25 N–H and O–H groups in total. The number of hydrogen-bond donors (Lipinski definition) is 20. The monoisotopic (exact) mass is 1260 g/mol. The van der Waals surface area contributed by atoms with E-state index in [0.29, 0.717) is 12.0 Å². The van der Waals surface area contributed by atoms with Gasteiger partial charge in [-0.2, -0.15) is 0 Å². The van der Waals surface area contributed by atoms with Crippen LogP contribution in [-0.4, -0.2) is 201 Å². The Morgan fingerprint density at radius 2 is 1.17 bits per heavy atom. The second-order valence-corrected chi connectivity index (χ2v) is 22.0. The van der Waals surface area contributed by atoms with Crippen molar-refractivity contribution in [2.75, 3.05) is 19.7 Å². The summed E-state index contributed by atoms with van der Waals surface area (Å²) >= 11 is 0. The first-order chi connectivity index (χ1) is 41.8. The van der Waals surface area contributed by atoms with Crippen molar-refractivity contribution >= 4 is 82.9 Å². The minimum atomic E-state index is -2.10. The number of benzene rings is 1. The van der Waals surface area contributed by atoms with Gasteiger partial charge in [0, 0.05) is 19.4 Å². The van der Waals surface area contributed by atoms with Crippen molar-refractivity contribution in [2.24, 2.45) is 45.5 Å². The van der Waals surface area contributed by atoms with Gasteiger partial charge >= 0.3 is 11.9 Å². The topological polar surface area (TPSA) is 586 Å². The number of nitrogens with one attached hydrogen (secondary N) is 10. The molecule has 0 radical (unpaired) electrons. The van der Waals surface area contributed by atoms with E-state index in [0.717, 1.165) is 0 Å². The Morgan fingerprint density at radius 3 is 1.71 bits per heavy atom. The van der Waals surface area contributed by atoms with E-state index in [1.54, 1.807) is 27.7 Å². The predicted octanol–water partition coefficient (Wildman–Crippen LogP) is -6.62. The number of aliphatic hydroxyl groups is 2. The molecule has 11 amide bonds. The second kappa shape index (κ2) is 38.5. The van der Waals surface area contributed by atoms with Crippen LogP contribution in [0.3, 0.4) is 0 Å². The largest absolute Gasteiger partial charge is 0.508 e. The lowest BCUT2D eigenvalue weighted by Crippen LogP contribution is -2.62. The quantitative estimate of drug-likeness (QED) is 0.0167. The number of nitrogens with two attached hydrogens (primary N) is 5. The lowest BCUT2D eigenvalue weighted by molar-refractivity contribution is -0.142. The summed E-state index contributed by atoms with van der Waals surface area (Å²) in [6.07, 6.45) is -3.55. The molecule has 13 atom stereocenters. The zero-order valence-corrected chi connectivity index (χ0v) is 50.6. The summed E-state index contributed by atoms with van der Waals surface area (Å²) in [5, 5.41) is 74.0. The zero-order valence-electron chi connectivity index (χ0n) is 50.6. The number of aliphatic carboxylic acids is 2. The van der Waals surface area contributed by atoms with E-state index >= 15 is 0 Å². The third-order valence-corrected chi connectivity index (χ3v) is 14.4. The van der Waals surface area contributed by atoms with Gasteiger partial charge in [-0.1, -0.05) is 46.2 Å². The Balaban J connectivity index is 2.56. The highest BCUT2D eigenvalue weighted by atomic mass is 16.4. The molecular formula is C55H90N16O18. The number of carbonyl (C=O) groups excluding carboxylic acids is 11. The molecule has 1 aliphatic rings. The molecule has 0 aliphatic carbocycles. The van der Waals surface area contributed by atoms with E-state index in [-0.39, 0.29) is 76.2 Å². The van der Waals surface area contributed by atoms with Gasteiger partial charge in [0.05, 0.1) is 19.1 Å². The number of phenols is 1. The molecule has 1 aliphatic heterocycles. The maximum absolute atomic E-state index is 14.6. The summed E-state index contributed by atoms with van der Waals surface area (Å²) in [6.45, 7) is 6.63. The van der Waals surface area contributed by atoms with E-state index in [9.17, 15) is 87.9 Å². The number of aromatic hydroxyl groups is 1. The Morgan fingerprint density at radius 1 is 0.640 bits per heavy atom. The highest BCUT2D eigenvalue weighted by molar-refractivity contribution is 6.00. The molecule has 1 fully saturated rings. The minimum Gasteiger partial charge on any atom is -0.508 e. The van der Waals surface area contributed by atoms with Crippen molar-refractivity contribution in [1.82, 2.24) is 53.2 Å². The van der Waals surface area contributed by atoms with Gasteiger partial charge in [0.1, 0.15) is 72.2 Å². The first kappa shape index (κ1) is 76.3. The second-order valence-electron chi connectivity index (χ2n) is 22.0. The highest BCUT2D eigenvalue weighted by Crippen LogP contribution is 2.16. The molecule has 0 unspecified atom stereocenters. The van der Waals surface area contributed by atoms with Crippen LogP contribution in [0.5, 0.6) is 5.75 Å². The molecule has 1 aromatic rings. The fraction of sp³-hybridized carbons (Fsp3) is 0.636. The molecule has 0 saturated carbocycles. The van der Waals surface area contributed by atoms with Crippen LogP contribution < -0.4 is 81.8 Å². The molecule has 34 heteroatoms. The van der Waals surface area contributed by atoms with Crippen LogP contribution >= 0.6 is 0 Å². The SMILES string of the molecule is CC[C@H](C)[C@H](NC(=O)[C@@H](N)[C@@H](C)O)C(=O)N[C@@H](CCC(=O)O)C(=O)N[C@@H](CC(=O)O)C(=O)N[C@@H](CO)C(=O)N[C@@H](Cc1ccc(O)cc1)C(=O)N[C@@H](CCCN=C(N)N)C(=O)N[C@@H](CCCCN)C(=O)N[C@H]1CCC[C@@H](C(N)=O)NC(=O)[C@H](C(C)C)NC1=O. The molecule has 1 saturated heterocycles. The number of phenolic OH excluding ortho intramolecular Hbond substituents is 1. The third-order valence-electron chi connectivity index (χ3n) is 14.4. The number of nitrogens with zero attached hydrogens (tertiary/aromatic N) is 1. The molecule has 2 rings (SSSR count). The Labute approximate surface area is 513 Å². The molecule has 0 bridgehead atoms. The van der Waals surface area contributed by atoms with Crippen molar-refractivity contribution in [1.29, 1.82) is 0 Å².